The van der Waals surface area contributed by atoms with Crippen LogP contribution in [0.15, 0.2) is 36.5 Å². The van der Waals surface area contributed by atoms with E-state index in [9.17, 15) is 9.59 Å². The Kier molecular flexibility index (Phi) is 5.08. The van der Waals surface area contributed by atoms with Crippen molar-refractivity contribution in [3.63, 3.8) is 0 Å². The molecule has 0 atom stereocenters. The molecule has 0 aliphatic rings. The van der Waals surface area contributed by atoms with Gasteiger partial charge in [0, 0.05) is 37.3 Å². The quantitative estimate of drug-likeness (QED) is 0.921. The van der Waals surface area contributed by atoms with Crippen molar-refractivity contribution in [3.05, 3.63) is 36.5 Å². The summed E-state index contributed by atoms with van der Waals surface area (Å²) < 4.78 is 2.07. The van der Waals surface area contributed by atoms with Crippen molar-refractivity contribution >= 4 is 22.7 Å². The first-order valence-electron chi connectivity index (χ1n) is 7.85. The Labute approximate surface area is 137 Å². The van der Waals surface area contributed by atoms with E-state index >= 15 is 0 Å². The zero-order valence-corrected chi connectivity index (χ0v) is 14.3. The second-order valence-electron chi connectivity index (χ2n) is 6.87. The van der Waals surface area contributed by atoms with Gasteiger partial charge in [0.1, 0.15) is 0 Å². The summed E-state index contributed by atoms with van der Waals surface area (Å²) in [7, 11) is 1.67. The van der Waals surface area contributed by atoms with Crippen molar-refractivity contribution in [2.45, 2.75) is 39.3 Å². The number of para-hydroxylation sites is 1. The Hall–Kier alpha value is -2.30. The Morgan fingerprint density at radius 2 is 1.87 bits per heavy atom. The molecule has 1 heterocycles. The molecule has 1 aromatic heterocycles. The summed E-state index contributed by atoms with van der Waals surface area (Å²) in [4.78, 5) is 25.6. The summed E-state index contributed by atoms with van der Waals surface area (Å²) in [5.74, 6) is -0.174. The lowest BCUT2D eigenvalue weighted by Crippen LogP contribution is -2.46. The van der Waals surface area contributed by atoms with Gasteiger partial charge in [-0.25, -0.2) is 0 Å². The Morgan fingerprint density at radius 1 is 1.17 bits per heavy atom. The van der Waals surface area contributed by atoms with Crippen LogP contribution in [0.1, 0.15) is 27.2 Å². The van der Waals surface area contributed by atoms with Gasteiger partial charge in [0.15, 0.2) is 0 Å². The molecule has 5 heteroatoms. The number of hydrogen-bond acceptors (Lipinski definition) is 2. The minimum Gasteiger partial charge on any atom is -0.350 e. The first kappa shape index (κ1) is 17.1. The van der Waals surface area contributed by atoms with Crippen LogP contribution in [-0.4, -0.2) is 40.4 Å². The first-order chi connectivity index (χ1) is 10.8. The van der Waals surface area contributed by atoms with E-state index in [0.29, 0.717) is 13.0 Å². The highest BCUT2D eigenvalue weighted by atomic mass is 16.2. The fourth-order valence-corrected chi connectivity index (χ4v) is 2.50. The molecule has 0 fully saturated rings. The Balaban J connectivity index is 1.88. The normalized spacial score (nSPS) is 11.5. The molecule has 0 aliphatic carbocycles. The molecule has 0 radical (unpaired) electrons. The number of aromatic nitrogens is 1. The van der Waals surface area contributed by atoms with Crippen LogP contribution in [0.5, 0.6) is 0 Å². The Bertz CT molecular complexity index is 698. The summed E-state index contributed by atoms with van der Waals surface area (Å²) in [6.45, 7) is 6.46. The van der Waals surface area contributed by atoms with Gasteiger partial charge in [0.05, 0.1) is 6.54 Å². The molecular weight excluding hydrogens is 290 g/mol. The standard InChI is InChI=1S/C18H25N3O2/c1-18(2,3)19-16(22)13-20(4)17(23)10-12-21-11-9-14-7-5-6-8-15(14)21/h5-9,11H,10,12-13H2,1-4H3,(H,19,22). The van der Waals surface area contributed by atoms with Gasteiger partial charge in [-0.05, 0) is 38.3 Å². The van der Waals surface area contributed by atoms with Crippen LogP contribution >= 0.6 is 0 Å². The van der Waals surface area contributed by atoms with Gasteiger partial charge in [-0.3, -0.25) is 9.59 Å². The molecule has 5 nitrogen and oxygen atoms in total. The molecule has 0 saturated carbocycles. The number of likely N-dealkylation sites (N-methyl/N-ethyl adjacent to an activating group) is 1. The van der Waals surface area contributed by atoms with Crippen molar-refractivity contribution in [2.24, 2.45) is 0 Å². The lowest BCUT2D eigenvalue weighted by molar-refractivity contribution is -0.135. The lowest BCUT2D eigenvalue weighted by Gasteiger charge is -2.23. The maximum atomic E-state index is 12.2. The SMILES string of the molecule is CN(CC(=O)NC(C)(C)C)C(=O)CCn1ccc2ccccc21. The second-order valence-corrected chi connectivity index (χ2v) is 6.87. The monoisotopic (exact) mass is 315 g/mol. The molecule has 0 bridgehead atoms. The smallest absolute Gasteiger partial charge is 0.240 e. The summed E-state index contributed by atoms with van der Waals surface area (Å²) in [6.07, 6.45) is 2.36. The van der Waals surface area contributed by atoms with Crippen molar-refractivity contribution in [1.29, 1.82) is 0 Å². The highest BCUT2D eigenvalue weighted by Gasteiger charge is 2.17. The number of carbonyl (C=O) groups is 2. The molecule has 2 amide bonds. The fraction of sp³-hybridized carbons (Fsp3) is 0.444. The van der Waals surface area contributed by atoms with Gasteiger partial charge in [-0.15, -0.1) is 0 Å². The molecule has 0 saturated heterocycles. The summed E-state index contributed by atoms with van der Waals surface area (Å²) in [5, 5.41) is 4.03. The van der Waals surface area contributed by atoms with Crippen LogP contribution < -0.4 is 5.32 Å². The number of nitrogens with one attached hydrogen (secondary N) is 1. The largest absolute Gasteiger partial charge is 0.350 e. The summed E-state index contributed by atoms with van der Waals surface area (Å²) in [6, 6.07) is 10.1. The van der Waals surface area contributed by atoms with E-state index in [1.807, 2.05) is 51.2 Å². The molecule has 2 rings (SSSR count). The van der Waals surface area contributed by atoms with E-state index in [2.05, 4.69) is 16.0 Å². The average molecular weight is 315 g/mol. The minimum absolute atomic E-state index is 0.0353. The van der Waals surface area contributed by atoms with Gasteiger partial charge in [0.25, 0.3) is 0 Å². The topological polar surface area (TPSA) is 54.3 Å². The maximum absolute atomic E-state index is 12.2. The van der Waals surface area contributed by atoms with Crippen molar-refractivity contribution in [2.75, 3.05) is 13.6 Å². The fourth-order valence-electron chi connectivity index (χ4n) is 2.50. The van der Waals surface area contributed by atoms with Crippen LogP contribution in [0.4, 0.5) is 0 Å². The van der Waals surface area contributed by atoms with E-state index in [1.54, 1.807) is 7.05 Å². The summed E-state index contributed by atoms with van der Waals surface area (Å²) >= 11 is 0. The second kappa shape index (κ2) is 6.86. The van der Waals surface area contributed by atoms with E-state index in [0.717, 1.165) is 10.9 Å². The van der Waals surface area contributed by atoms with Crippen molar-refractivity contribution in [3.8, 4) is 0 Å². The third kappa shape index (κ3) is 4.84. The third-order valence-electron chi connectivity index (χ3n) is 3.57. The van der Waals surface area contributed by atoms with Crippen LogP contribution in [0.25, 0.3) is 10.9 Å². The van der Waals surface area contributed by atoms with Crippen LogP contribution in [0, 0.1) is 0 Å². The lowest BCUT2D eigenvalue weighted by atomic mass is 10.1. The van der Waals surface area contributed by atoms with Gasteiger partial charge < -0.3 is 14.8 Å². The van der Waals surface area contributed by atoms with Crippen LogP contribution in [0.2, 0.25) is 0 Å². The van der Waals surface area contributed by atoms with Crippen molar-refractivity contribution in [1.82, 2.24) is 14.8 Å². The average Bonchev–Trinajstić information content (AvgIpc) is 2.85. The molecule has 1 N–H and O–H groups in total. The van der Waals surface area contributed by atoms with Gasteiger partial charge >= 0.3 is 0 Å². The zero-order chi connectivity index (χ0) is 17.0. The molecular formula is C18H25N3O2. The number of aryl methyl sites for hydroxylation is 1. The minimum atomic E-state index is -0.287. The number of carbonyl (C=O) groups excluding carboxylic acids is 2. The van der Waals surface area contributed by atoms with Gasteiger partial charge in [-0.2, -0.15) is 0 Å². The van der Waals surface area contributed by atoms with E-state index in [1.165, 1.54) is 4.90 Å². The maximum Gasteiger partial charge on any atom is 0.240 e. The van der Waals surface area contributed by atoms with Gasteiger partial charge in [0.2, 0.25) is 11.8 Å². The predicted octanol–water partition coefficient (Wildman–Crippen LogP) is 2.40. The van der Waals surface area contributed by atoms with Gasteiger partial charge in [-0.1, -0.05) is 18.2 Å². The van der Waals surface area contributed by atoms with E-state index < -0.39 is 0 Å². The highest BCUT2D eigenvalue weighted by Crippen LogP contribution is 2.15. The zero-order valence-electron chi connectivity index (χ0n) is 14.3. The van der Waals surface area contributed by atoms with E-state index in [4.69, 9.17) is 0 Å². The number of rotatable bonds is 5. The molecule has 0 spiro atoms. The molecule has 2 aromatic rings. The third-order valence-corrected chi connectivity index (χ3v) is 3.57. The van der Waals surface area contributed by atoms with E-state index in [-0.39, 0.29) is 23.9 Å². The number of fused-ring (bicyclic) bond motifs is 1. The molecule has 124 valence electrons. The molecule has 0 aliphatic heterocycles. The number of nitrogens with zero attached hydrogens (tertiary/aromatic N) is 2. The van der Waals surface area contributed by atoms with Crippen LogP contribution in [-0.2, 0) is 16.1 Å². The molecule has 23 heavy (non-hydrogen) atoms. The number of hydrogen-bond donors (Lipinski definition) is 1. The Morgan fingerprint density at radius 3 is 2.57 bits per heavy atom. The number of benzene rings is 1. The number of amides is 2. The van der Waals surface area contributed by atoms with Crippen LogP contribution in [0.3, 0.4) is 0 Å². The highest BCUT2D eigenvalue weighted by molar-refractivity contribution is 5.85. The molecule has 1 aromatic carbocycles. The predicted molar refractivity (Wildman–Crippen MR) is 92.1 cm³/mol. The molecule has 0 unspecified atom stereocenters. The first-order valence-corrected chi connectivity index (χ1v) is 7.85. The summed E-state index contributed by atoms with van der Waals surface area (Å²) in [5.41, 5.74) is 0.832. The van der Waals surface area contributed by atoms with Crippen molar-refractivity contribution < 1.29 is 9.59 Å².